The smallest absolute Gasteiger partial charge is 0.270 e. The Hall–Kier alpha value is -3.00. The monoisotopic (exact) mass is 442 g/mol. The van der Waals surface area contributed by atoms with Crippen LogP contribution in [-0.2, 0) is 6.54 Å². The van der Waals surface area contributed by atoms with Crippen molar-refractivity contribution in [2.75, 3.05) is 12.4 Å². The van der Waals surface area contributed by atoms with E-state index in [1.54, 1.807) is 22.8 Å². The minimum Gasteiger partial charge on any atom is -0.497 e. The van der Waals surface area contributed by atoms with E-state index in [0.717, 1.165) is 0 Å². The van der Waals surface area contributed by atoms with E-state index in [4.69, 9.17) is 4.74 Å². The van der Waals surface area contributed by atoms with Gasteiger partial charge in [0.15, 0.2) is 5.78 Å². The molecule has 4 rings (SSSR count). The number of nitrogens with zero attached hydrogens (tertiary/aromatic N) is 2. The molecule has 1 aromatic heterocycles. The maximum atomic E-state index is 13.2. The number of pyridine rings is 1. The Morgan fingerprint density at radius 2 is 1.89 bits per heavy atom. The minimum absolute atomic E-state index is 0.177. The molecule has 0 saturated carbocycles. The Bertz CT molecular complexity index is 1220. The summed E-state index contributed by atoms with van der Waals surface area (Å²) in [6.45, 7) is 0.393. The van der Waals surface area contributed by atoms with Crippen LogP contribution in [0.1, 0.15) is 22.3 Å². The minimum atomic E-state index is -0.545. The van der Waals surface area contributed by atoms with Gasteiger partial charge in [-0.3, -0.25) is 19.7 Å². The zero-order valence-electron chi connectivity index (χ0n) is 14.9. The Labute approximate surface area is 167 Å². The number of nitro benzene ring substituents is 1. The molecule has 0 amide bonds. The largest absolute Gasteiger partial charge is 0.497 e. The van der Waals surface area contributed by atoms with Gasteiger partial charge in [-0.1, -0.05) is 15.9 Å². The number of nitro groups is 1. The van der Waals surface area contributed by atoms with Gasteiger partial charge in [-0.25, -0.2) is 0 Å². The standard InChI is InChI=1S/C20H15BrN2O5/c1-28-12-4-6-14-15(10-12)19(24)17-13-5-3-11(23(26)27)9-16(13)20(25)22(18(14)17)8-2-7-21/h3-6,9-10H,2,7-8H2,1H3. The van der Waals surface area contributed by atoms with Gasteiger partial charge in [-0.15, -0.1) is 0 Å². The molecule has 0 atom stereocenters. The Morgan fingerprint density at radius 1 is 1.11 bits per heavy atom. The lowest BCUT2D eigenvalue weighted by Gasteiger charge is -2.14. The van der Waals surface area contributed by atoms with Crippen molar-refractivity contribution in [3.63, 3.8) is 0 Å². The van der Waals surface area contributed by atoms with E-state index >= 15 is 0 Å². The summed E-state index contributed by atoms with van der Waals surface area (Å²) in [5, 5.41) is 12.5. The molecule has 1 heterocycles. The highest BCUT2D eigenvalue weighted by molar-refractivity contribution is 9.09. The number of fused-ring (bicyclic) bond motifs is 5. The lowest BCUT2D eigenvalue weighted by Crippen LogP contribution is -2.23. The van der Waals surface area contributed by atoms with Crippen molar-refractivity contribution in [3.8, 4) is 17.0 Å². The van der Waals surface area contributed by atoms with Crippen LogP contribution in [-0.4, -0.2) is 27.7 Å². The summed E-state index contributed by atoms with van der Waals surface area (Å²) >= 11 is 3.37. The Balaban J connectivity index is 2.11. The van der Waals surface area contributed by atoms with Gasteiger partial charge < -0.3 is 9.30 Å². The molecule has 1 aliphatic rings. The summed E-state index contributed by atoms with van der Waals surface area (Å²) in [7, 11) is 1.52. The van der Waals surface area contributed by atoms with Crippen molar-refractivity contribution in [2.24, 2.45) is 0 Å². The SMILES string of the molecule is COc1ccc2c(c1)C(=O)c1c-2n(CCCBr)c(=O)c2cc([N+](=O)[O-])ccc12. The number of aromatic nitrogens is 1. The molecule has 1 aliphatic carbocycles. The number of rotatable bonds is 5. The van der Waals surface area contributed by atoms with Crippen molar-refractivity contribution < 1.29 is 14.5 Å². The highest BCUT2D eigenvalue weighted by Gasteiger charge is 2.33. The summed E-state index contributed by atoms with van der Waals surface area (Å²) in [6, 6.07) is 9.25. The molecule has 0 aliphatic heterocycles. The number of hydrogen-bond donors (Lipinski definition) is 0. The average Bonchev–Trinajstić information content (AvgIpc) is 2.99. The molecule has 142 valence electrons. The van der Waals surface area contributed by atoms with E-state index in [1.165, 1.54) is 25.3 Å². The van der Waals surface area contributed by atoms with Gasteiger partial charge in [0.25, 0.3) is 11.2 Å². The maximum absolute atomic E-state index is 13.2. The van der Waals surface area contributed by atoms with Gasteiger partial charge in [0, 0.05) is 40.5 Å². The van der Waals surface area contributed by atoms with E-state index in [1.807, 2.05) is 0 Å². The van der Waals surface area contributed by atoms with Gasteiger partial charge in [-0.2, -0.15) is 0 Å². The first kappa shape index (κ1) is 18.4. The number of alkyl halides is 1. The highest BCUT2D eigenvalue weighted by Crippen LogP contribution is 2.41. The van der Waals surface area contributed by atoms with Crippen molar-refractivity contribution in [1.82, 2.24) is 4.57 Å². The number of ether oxygens (including phenoxy) is 1. The lowest BCUT2D eigenvalue weighted by atomic mass is 10.0. The molecule has 0 saturated heterocycles. The average molecular weight is 443 g/mol. The molecule has 0 unspecified atom stereocenters. The van der Waals surface area contributed by atoms with Crippen LogP contribution in [0.4, 0.5) is 5.69 Å². The predicted molar refractivity (Wildman–Crippen MR) is 109 cm³/mol. The summed E-state index contributed by atoms with van der Waals surface area (Å²) in [5.74, 6) is 0.338. The van der Waals surface area contributed by atoms with Crippen LogP contribution in [0.3, 0.4) is 0 Å². The van der Waals surface area contributed by atoms with Crippen LogP contribution in [0.15, 0.2) is 41.2 Å². The molecule has 0 radical (unpaired) electrons. The zero-order valence-corrected chi connectivity index (χ0v) is 16.5. The summed E-state index contributed by atoms with van der Waals surface area (Å²) in [6.07, 6.45) is 0.673. The molecule has 7 nitrogen and oxygen atoms in total. The van der Waals surface area contributed by atoms with Gasteiger partial charge in [0.05, 0.1) is 28.7 Å². The van der Waals surface area contributed by atoms with E-state index in [-0.39, 0.29) is 22.4 Å². The third-order valence-corrected chi connectivity index (χ3v) is 5.50. The van der Waals surface area contributed by atoms with Gasteiger partial charge in [0.2, 0.25) is 0 Å². The molecule has 0 spiro atoms. The zero-order chi connectivity index (χ0) is 20.0. The molecule has 8 heteroatoms. The Morgan fingerprint density at radius 3 is 2.57 bits per heavy atom. The van der Waals surface area contributed by atoms with Crippen LogP contribution >= 0.6 is 15.9 Å². The second-order valence-corrected chi connectivity index (χ2v) is 7.24. The van der Waals surface area contributed by atoms with Crippen molar-refractivity contribution in [2.45, 2.75) is 13.0 Å². The van der Waals surface area contributed by atoms with E-state index in [9.17, 15) is 19.7 Å². The molecule has 0 N–H and O–H groups in total. The van der Waals surface area contributed by atoms with Crippen LogP contribution in [0.5, 0.6) is 5.75 Å². The van der Waals surface area contributed by atoms with Crippen LogP contribution in [0.25, 0.3) is 22.0 Å². The fourth-order valence-corrected chi connectivity index (χ4v) is 3.92. The fraction of sp³-hybridized carbons (Fsp3) is 0.200. The highest BCUT2D eigenvalue weighted by atomic mass is 79.9. The first-order valence-corrected chi connectivity index (χ1v) is 9.74. The lowest BCUT2D eigenvalue weighted by molar-refractivity contribution is -0.384. The molecular formula is C20H15BrN2O5. The Kier molecular flexibility index (Phi) is 4.50. The second-order valence-electron chi connectivity index (χ2n) is 6.45. The third kappa shape index (κ3) is 2.63. The van der Waals surface area contributed by atoms with Crippen molar-refractivity contribution in [1.29, 1.82) is 0 Å². The maximum Gasteiger partial charge on any atom is 0.270 e. The molecule has 28 heavy (non-hydrogen) atoms. The number of carbonyl (C=O) groups is 1. The van der Waals surface area contributed by atoms with E-state index in [2.05, 4.69) is 15.9 Å². The summed E-state index contributed by atoms with van der Waals surface area (Å²) in [4.78, 5) is 37.0. The van der Waals surface area contributed by atoms with Crippen LogP contribution in [0, 0.1) is 10.1 Å². The van der Waals surface area contributed by atoms with Crippen molar-refractivity contribution >= 4 is 38.2 Å². The summed E-state index contributed by atoms with van der Waals surface area (Å²) < 4.78 is 6.79. The molecule has 2 aromatic carbocycles. The fourth-order valence-electron chi connectivity index (χ4n) is 3.67. The predicted octanol–water partition coefficient (Wildman–Crippen LogP) is 3.91. The number of carbonyl (C=O) groups excluding carboxylic acids is 1. The topological polar surface area (TPSA) is 91.4 Å². The summed E-state index contributed by atoms with van der Waals surface area (Å²) in [5.41, 5.74) is 1.59. The first-order chi connectivity index (χ1) is 13.5. The van der Waals surface area contributed by atoms with E-state index < -0.39 is 4.92 Å². The number of hydrogen-bond acceptors (Lipinski definition) is 5. The molecule has 3 aromatic rings. The number of methoxy groups -OCH3 is 1. The van der Waals surface area contributed by atoms with Crippen LogP contribution < -0.4 is 10.3 Å². The van der Waals surface area contributed by atoms with Gasteiger partial charge >= 0.3 is 0 Å². The molecule has 0 bridgehead atoms. The second kappa shape index (κ2) is 6.87. The van der Waals surface area contributed by atoms with E-state index in [0.29, 0.717) is 51.8 Å². The number of non-ortho nitro benzene ring substituents is 1. The van der Waals surface area contributed by atoms with Crippen LogP contribution in [0.2, 0.25) is 0 Å². The normalized spacial score (nSPS) is 12.1. The van der Waals surface area contributed by atoms with Crippen molar-refractivity contribution in [3.05, 3.63) is 68.0 Å². The van der Waals surface area contributed by atoms with Gasteiger partial charge in [-0.05, 0) is 30.7 Å². The number of benzene rings is 2. The third-order valence-electron chi connectivity index (χ3n) is 4.93. The molecule has 0 fully saturated rings. The number of ketones is 1. The number of halogens is 1. The quantitative estimate of drug-likeness (QED) is 0.265. The van der Waals surface area contributed by atoms with Gasteiger partial charge in [0.1, 0.15) is 5.75 Å². The molecular weight excluding hydrogens is 428 g/mol. The first-order valence-electron chi connectivity index (χ1n) is 8.62.